The Morgan fingerprint density at radius 3 is 2.42 bits per heavy atom. The first-order valence-electron chi connectivity index (χ1n) is 7.81. The van der Waals surface area contributed by atoms with E-state index in [0.717, 1.165) is 11.3 Å². The summed E-state index contributed by atoms with van der Waals surface area (Å²) >= 11 is 0. The van der Waals surface area contributed by atoms with Gasteiger partial charge in [-0.2, -0.15) is 4.31 Å². The van der Waals surface area contributed by atoms with Crippen molar-refractivity contribution in [1.82, 2.24) is 9.79 Å². The minimum atomic E-state index is -3.23. The van der Waals surface area contributed by atoms with Gasteiger partial charge in [0.1, 0.15) is 0 Å². The molecule has 0 spiro atoms. The lowest BCUT2D eigenvalue weighted by Gasteiger charge is -2.36. The molecule has 1 aliphatic heterocycles. The topological polar surface area (TPSA) is 90.0 Å². The summed E-state index contributed by atoms with van der Waals surface area (Å²) in [7, 11) is -3.23. The highest BCUT2D eigenvalue weighted by Crippen LogP contribution is 2.24. The van der Waals surface area contributed by atoms with Crippen molar-refractivity contribution >= 4 is 27.7 Å². The third-order valence-electron chi connectivity index (χ3n) is 4.00. The quantitative estimate of drug-likeness (QED) is 0.469. The molecule has 0 radical (unpaired) electrons. The molecule has 1 heterocycles. The zero-order valence-corrected chi connectivity index (χ0v) is 14.7. The fourth-order valence-corrected chi connectivity index (χ4v) is 3.87. The maximum Gasteiger partial charge on any atom is 0.267 e. The molecule has 0 saturated carbocycles. The number of carbonyl (C=O) groups excluding carboxylic acids is 1. The van der Waals surface area contributed by atoms with E-state index in [-0.39, 0.29) is 0 Å². The maximum absolute atomic E-state index is 12.2. The first kappa shape index (κ1) is 18.4. The number of carbonyl (C=O) groups is 1. The molecule has 24 heavy (non-hydrogen) atoms. The Morgan fingerprint density at radius 1 is 1.21 bits per heavy atom. The number of benzene rings is 1. The van der Waals surface area contributed by atoms with E-state index in [9.17, 15) is 13.2 Å². The zero-order chi connectivity index (χ0) is 17.7. The number of rotatable bonds is 5. The Balaban J connectivity index is 2.12. The summed E-state index contributed by atoms with van der Waals surface area (Å²) in [5, 5.41) is 8.14. The molecule has 132 valence electrons. The molecule has 0 atom stereocenters. The second-order valence-corrected chi connectivity index (χ2v) is 8.34. The van der Waals surface area contributed by atoms with Gasteiger partial charge >= 0.3 is 0 Å². The molecule has 1 fully saturated rings. The van der Waals surface area contributed by atoms with E-state index < -0.39 is 21.2 Å². The molecule has 1 aliphatic rings. The Morgan fingerprint density at radius 2 is 1.83 bits per heavy atom. The van der Waals surface area contributed by atoms with Crippen molar-refractivity contribution in [3.8, 4) is 0 Å². The normalized spacial score (nSPS) is 16.8. The van der Waals surface area contributed by atoms with Crippen LogP contribution in [0.3, 0.4) is 0 Å². The van der Waals surface area contributed by atoms with Gasteiger partial charge in [0.2, 0.25) is 10.0 Å². The molecule has 0 aromatic heterocycles. The SMILES string of the molecule is CC(C)S(=O)(=O)N1CCN(c2ccccc2/C=C/C(=O)NO)CC1. The second-order valence-electron chi connectivity index (χ2n) is 5.85. The highest BCUT2D eigenvalue weighted by molar-refractivity contribution is 7.89. The van der Waals surface area contributed by atoms with Crippen LogP contribution < -0.4 is 10.4 Å². The van der Waals surface area contributed by atoms with Gasteiger partial charge in [-0.1, -0.05) is 18.2 Å². The summed E-state index contributed by atoms with van der Waals surface area (Å²) < 4.78 is 26.0. The molecule has 2 rings (SSSR count). The van der Waals surface area contributed by atoms with Crippen LogP contribution in [-0.4, -0.2) is 55.3 Å². The molecular formula is C16H23N3O4S. The predicted octanol–water partition coefficient (Wildman–Crippen LogP) is 1.07. The van der Waals surface area contributed by atoms with Gasteiger partial charge in [-0.25, -0.2) is 13.9 Å². The number of nitrogens with zero attached hydrogens (tertiary/aromatic N) is 2. The molecule has 2 N–H and O–H groups in total. The predicted molar refractivity (Wildman–Crippen MR) is 93.2 cm³/mol. The fourth-order valence-electron chi connectivity index (χ4n) is 2.60. The van der Waals surface area contributed by atoms with Crippen molar-refractivity contribution in [3.63, 3.8) is 0 Å². The van der Waals surface area contributed by atoms with Crippen LogP contribution in [0.15, 0.2) is 30.3 Å². The average Bonchev–Trinajstić information content (AvgIpc) is 2.59. The fraction of sp³-hybridized carbons (Fsp3) is 0.438. The van der Waals surface area contributed by atoms with Crippen molar-refractivity contribution in [3.05, 3.63) is 35.9 Å². The molecule has 0 unspecified atom stereocenters. The van der Waals surface area contributed by atoms with Gasteiger partial charge in [0, 0.05) is 37.9 Å². The van der Waals surface area contributed by atoms with Crippen molar-refractivity contribution < 1.29 is 18.4 Å². The minimum Gasteiger partial charge on any atom is -0.368 e. The van der Waals surface area contributed by atoms with Gasteiger partial charge in [0.05, 0.1) is 5.25 Å². The molecule has 8 heteroatoms. The minimum absolute atomic E-state index is 0.420. The lowest BCUT2D eigenvalue weighted by molar-refractivity contribution is -0.124. The number of nitrogens with one attached hydrogen (secondary N) is 1. The van der Waals surface area contributed by atoms with Gasteiger partial charge in [0.25, 0.3) is 5.91 Å². The standard InChI is InChI=1S/C16H23N3O4S/c1-13(2)24(22,23)19-11-9-18(10-12-19)15-6-4-3-5-14(15)7-8-16(20)17-21/h3-8,13,21H,9-12H2,1-2H3,(H,17,20)/b8-7+. The van der Waals surface area contributed by atoms with Gasteiger partial charge in [-0.3, -0.25) is 10.0 Å². The Bertz CT molecular complexity index is 708. The van der Waals surface area contributed by atoms with Gasteiger partial charge in [0.15, 0.2) is 0 Å². The lowest BCUT2D eigenvalue weighted by Crippen LogP contribution is -2.50. The Kier molecular flexibility index (Phi) is 5.98. The number of piperazine rings is 1. The third-order valence-corrected chi connectivity index (χ3v) is 6.27. The molecule has 7 nitrogen and oxygen atoms in total. The molecule has 1 amide bonds. The molecule has 0 bridgehead atoms. The smallest absolute Gasteiger partial charge is 0.267 e. The highest BCUT2D eigenvalue weighted by Gasteiger charge is 2.29. The summed E-state index contributed by atoms with van der Waals surface area (Å²) in [6.07, 6.45) is 2.87. The van der Waals surface area contributed by atoms with Gasteiger partial charge in [-0.05, 0) is 31.6 Å². The molecule has 1 saturated heterocycles. The number of para-hydroxylation sites is 1. The number of sulfonamides is 1. The van der Waals surface area contributed by atoms with E-state index in [1.165, 1.54) is 10.4 Å². The number of hydrogen-bond donors (Lipinski definition) is 2. The Hall–Kier alpha value is -1.90. The highest BCUT2D eigenvalue weighted by atomic mass is 32.2. The average molecular weight is 353 g/mol. The second kappa shape index (κ2) is 7.78. The third kappa shape index (κ3) is 4.14. The largest absolute Gasteiger partial charge is 0.368 e. The van der Waals surface area contributed by atoms with E-state index in [2.05, 4.69) is 4.90 Å². The van der Waals surface area contributed by atoms with Crippen molar-refractivity contribution in [1.29, 1.82) is 0 Å². The van der Waals surface area contributed by atoms with E-state index in [4.69, 9.17) is 5.21 Å². The monoisotopic (exact) mass is 353 g/mol. The molecule has 1 aromatic carbocycles. The van der Waals surface area contributed by atoms with Gasteiger partial charge < -0.3 is 4.90 Å². The summed E-state index contributed by atoms with van der Waals surface area (Å²) in [4.78, 5) is 13.3. The molecule has 1 aromatic rings. The van der Waals surface area contributed by atoms with Crippen LogP contribution in [0.4, 0.5) is 5.69 Å². The van der Waals surface area contributed by atoms with Crippen molar-refractivity contribution in [2.75, 3.05) is 31.1 Å². The zero-order valence-electron chi connectivity index (χ0n) is 13.8. The van der Waals surface area contributed by atoms with Gasteiger partial charge in [-0.15, -0.1) is 0 Å². The van der Waals surface area contributed by atoms with E-state index in [0.29, 0.717) is 26.2 Å². The maximum atomic E-state index is 12.2. The number of amides is 1. The van der Waals surface area contributed by atoms with Crippen LogP contribution in [-0.2, 0) is 14.8 Å². The molecular weight excluding hydrogens is 330 g/mol. The van der Waals surface area contributed by atoms with Crippen molar-refractivity contribution in [2.45, 2.75) is 19.1 Å². The summed E-state index contributed by atoms with van der Waals surface area (Å²) in [6, 6.07) is 7.56. The number of hydrogen-bond acceptors (Lipinski definition) is 5. The van der Waals surface area contributed by atoms with E-state index in [1.807, 2.05) is 24.3 Å². The number of hydroxylamine groups is 1. The van der Waals surface area contributed by atoms with Crippen LogP contribution in [0.2, 0.25) is 0 Å². The first-order chi connectivity index (χ1) is 11.4. The number of anilines is 1. The van der Waals surface area contributed by atoms with E-state index >= 15 is 0 Å². The van der Waals surface area contributed by atoms with Crippen LogP contribution in [0.1, 0.15) is 19.4 Å². The summed E-state index contributed by atoms with van der Waals surface area (Å²) in [6.45, 7) is 5.43. The Labute approximate surface area is 142 Å². The summed E-state index contributed by atoms with van der Waals surface area (Å²) in [5.41, 5.74) is 3.32. The van der Waals surface area contributed by atoms with Crippen LogP contribution in [0.5, 0.6) is 0 Å². The van der Waals surface area contributed by atoms with Crippen LogP contribution >= 0.6 is 0 Å². The first-order valence-corrected chi connectivity index (χ1v) is 9.31. The van der Waals surface area contributed by atoms with Crippen molar-refractivity contribution in [2.24, 2.45) is 0 Å². The van der Waals surface area contributed by atoms with Crippen LogP contribution in [0.25, 0.3) is 6.08 Å². The lowest BCUT2D eigenvalue weighted by atomic mass is 10.1. The molecule has 0 aliphatic carbocycles. The van der Waals surface area contributed by atoms with E-state index in [1.54, 1.807) is 25.4 Å². The summed E-state index contributed by atoms with van der Waals surface area (Å²) in [5.74, 6) is -0.599. The van der Waals surface area contributed by atoms with Crippen LogP contribution in [0, 0.1) is 0 Å².